The van der Waals surface area contributed by atoms with Crippen molar-refractivity contribution in [3.05, 3.63) is 40.2 Å². The summed E-state index contributed by atoms with van der Waals surface area (Å²) in [5.74, 6) is -1.31. The first-order valence-corrected chi connectivity index (χ1v) is 8.66. The van der Waals surface area contributed by atoms with Gasteiger partial charge in [0.1, 0.15) is 11.3 Å². The van der Waals surface area contributed by atoms with E-state index in [4.69, 9.17) is 9.15 Å². The number of hydrogen-bond donors (Lipinski definition) is 0. The van der Waals surface area contributed by atoms with Crippen molar-refractivity contribution in [2.45, 2.75) is 26.2 Å². The zero-order valence-electron chi connectivity index (χ0n) is 14.5. The van der Waals surface area contributed by atoms with E-state index in [9.17, 15) is 19.5 Å². The third-order valence-electron chi connectivity index (χ3n) is 4.73. The van der Waals surface area contributed by atoms with Crippen LogP contribution in [0.2, 0.25) is 0 Å². The van der Waals surface area contributed by atoms with Crippen LogP contribution in [0.4, 0.5) is 0 Å². The summed E-state index contributed by atoms with van der Waals surface area (Å²) in [5, 5.41) is 11.7. The van der Waals surface area contributed by atoms with E-state index in [1.807, 2.05) is 13.0 Å². The highest BCUT2D eigenvalue weighted by Gasteiger charge is 2.23. The van der Waals surface area contributed by atoms with Crippen molar-refractivity contribution in [1.82, 2.24) is 4.90 Å². The van der Waals surface area contributed by atoms with Gasteiger partial charge in [-0.2, -0.15) is 0 Å². The largest absolute Gasteiger partial charge is 0.550 e. The minimum absolute atomic E-state index is 0.154. The molecule has 26 heavy (non-hydrogen) atoms. The second-order valence-electron chi connectivity index (χ2n) is 6.36. The minimum atomic E-state index is -1.06. The van der Waals surface area contributed by atoms with Gasteiger partial charge in [-0.05, 0) is 37.0 Å². The lowest BCUT2D eigenvalue weighted by Crippen LogP contribution is -2.45. The SMILES string of the molecule is CCc1cc(=O)oc2cc(OCC(=O)N3CCC(C(=O)[O-])CC3)ccc12. The molecule has 1 amide bonds. The van der Waals surface area contributed by atoms with Crippen LogP contribution >= 0.6 is 0 Å². The molecule has 0 radical (unpaired) electrons. The van der Waals surface area contributed by atoms with Crippen LogP contribution in [0.3, 0.4) is 0 Å². The lowest BCUT2D eigenvalue weighted by molar-refractivity contribution is -0.312. The number of amides is 1. The van der Waals surface area contributed by atoms with Crippen LogP contribution in [0.5, 0.6) is 5.75 Å². The number of hydrogen-bond acceptors (Lipinski definition) is 6. The van der Waals surface area contributed by atoms with E-state index in [1.165, 1.54) is 6.07 Å². The predicted molar refractivity (Wildman–Crippen MR) is 91.7 cm³/mol. The number of benzene rings is 1. The van der Waals surface area contributed by atoms with Crippen molar-refractivity contribution in [1.29, 1.82) is 0 Å². The van der Waals surface area contributed by atoms with Gasteiger partial charge >= 0.3 is 5.63 Å². The van der Waals surface area contributed by atoms with Crippen molar-refractivity contribution in [2.24, 2.45) is 5.92 Å². The Hall–Kier alpha value is -2.83. The fraction of sp³-hybridized carbons (Fsp3) is 0.421. The maximum Gasteiger partial charge on any atom is 0.336 e. The maximum absolute atomic E-state index is 12.2. The number of rotatable bonds is 5. The summed E-state index contributed by atoms with van der Waals surface area (Å²) >= 11 is 0. The average molecular weight is 358 g/mol. The lowest BCUT2D eigenvalue weighted by Gasteiger charge is -2.32. The van der Waals surface area contributed by atoms with Gasteiger partial charge in [0.25, 0.3) is 5.91 Å². The molecule has 1 aliphatic rings. The molecule has 2 heterocycles. The van der Waals surface area contributed by atoms with Gasteiger partial charge in [-0.15, -0.1) is 0 Å². The molecule has 3 rings (SSSR count). The molecule has 0 saturated carbocycles. The summed E-state index contributed by atoms with van der Waals surface area (Å²) in [5.41, 5.74) is 0.905. The zero-order chi connectivity index (χ0) is 18.7. The number of likely N-dealkylation sites (tertiary alicyclic amines) is 1. The van der Waals surface area contributed by atoms with Crippen LogP contribution in [0.25, 0.3) is 11.0 Å². The number of ether oxygens (including phenoxy) is 1. The number of carbonyl (C=O) groups excluding carboxylic acids is 2. The van der Waals surface area contributed by atoms with Gasteiger partial charge in [0.05, 0.1) is 0 Å². The number of carboxylic acid groups (broad SMARTS) is 1. The van der Waals surface area contributed by atoms with E-state index in [1.54, 1.807) is 17.0 Å². The first-order chi connectivity index (χ1) is 12.5. The van der Waals surface area contributed by atoms with Crippen LogP contribution in [0, 0.1) is 5.92 Å². The second-order valence-corrected chi connectivity index (χ2v) is 6.36. The highest BCUT2D eigenvalue weighted by atomic mass is 16.5. The molecule has 0 bridgehead atoms. The summed E-state index contributed by atoms with van der Waals surface area (Å²) in [4.78, 5) is 36.3. The van der Waals surface area contributed by atoms with Crippen LogP contribution in [-0.2, 0) is 16.0 Å². The molecule has 2 aromatic rings. The molecule has 138 valence electrons. The molecule has 1 aromatic carbocycles. The number of aryl methyl sites for hydroxylation is 1. The molecule has 1 fully saturated rings. The quantitative estimate of drug-likeness (QED) is 0.730. The molecular formula is C19H20NO6-. The van der Waals surface area contributed by atoms with Crippen molar-refractivity contribution >= 4 is 22.8 Å². The number of carboxylic acids is 1. The first kappa shape index (κ1) is 18.0. The molecule has 1 aliphatic heterocycles. The molecule has 0 N–H and O–H groups in total. The van der Waals surface area contributed by atoms with E-state index in [2.05, 4.69) is 0 Å². The Kier molecular flexibility index (Phi) is 5.25. The van der Waals surface area contributed by atoms with Gasteiger partial charge in [-0.25, -0.2) is 4.79 Å². The monoisotopic (exact) mass is 358 g/mol. The molecule has 0 aliphatic carbocycles. The Labute approximate surface area is 150 Å². The van der Waals surface area contributed by atoms with E-state index < -0.39 is 17.5 Å². The highest BCUT2D eigenvalue weighted by molar-refractivity contribution is 5.82. The number of piperidine rings is 1. The van der Waals surface area contributed by atoms with Crippen molar-refractivity contribution < 1.29 is 23.8 Å². The minimum Gasteiger partial charge on any atom is -0.550 e. The van der Waals surface area contributed by atoms with Gasteiger partial charge in [0, 0.05) is 42.5 Å². The van der Waals surface area contributed by atoms with E-state index >= 15 is 0 Å². The van der Waals surface area contributed by atoms with Crippen molar-refractivity contribution in [2.75, 3.05) is 19.7 Å². The average Bonchev–Trinajstić information content (AvgIpc) is 2.65. The summed E-state index contributed by atoms with van der Waals surface area (Å²) in [6.07, 6.45) is 1.51. The van der Waals surface area contributed by atoms with Crippen molar-refractivity contribution in [3.63, 3.8) is 0 Å². The number of fused-ring (bicyclic) bond motifs is 1. The van der Waals surface area contributed by atoms with E-state index in [0.717, 1.165) is 10.9 Å². The van der Waals surface area contributed by atoms with Crippen LogP contribution < -0.4 is 15.5 Å². The van der Waals surface area contributed by atoms with Gasteiger partial charge in [0.2, 0.25) is 0 Å². The molecule has 1 aromatic heterocycles. The fourth-order valence-electron chi connectivity index (χ4n) is 3.19. The number of nitrogens with zero attached hydrogens (tertiary/aromatic N) is 1. The fourth-order valence-corrected chi connectivity index (χ4v) is 3.19. The summed E-state index contributed by atoms with van der Waals surface area (Å²) in [6.45, 7) is 2.57. The molecule has 7 nitrogen and oxygen atoms in total. The van der Waals surface area contributed by atoms with Gasteiger partial charge in [0.15, 0.2) is 6.61 Å². The lowest BCUT2D eigenvalue weighted by atomic mass is 9.97. The summed E-state index contributed by atoms with van der Waals surface area (Å²) < 4.78 is 10.7. The van der Waals surface area contributed by atoms with Crippen LogP contribution in [-0.4, -0.2) is 36.5 Å². The molecular weight excluding hydrogens is 338 g/mol. The van der Waals surface area contributed by atoms with Crippen LogP contribution in [0.15, 0.2) is 33.5 Å². The predicted octanol–water partition coefficient (Wildman–Crippen LogP) is 0.723. The molecule has 1 saturated heterocycles. The molecule has 0 atom stereocenters. The van der Waals surface area contributed by atoms with Gasteiger partial charge < -0.3 is 24.0 Å². The van der Waals surface area contributed by atoms with Gasteiger partial charge in [-0.3, -0.25) is 4.79 Å². The smallest absolute Gasteiger partial charge is 0.336 e. The normalized spacial score (nSPS) is 15.2. The third-order valence-corrected chi connectivity index (χ3v) is 4.73. The molecule has 7 heteroatoms. The Bertz CT molecular complexity index is 879. The number of aliphatic carboxylic acids is 1. The Morgan fingerprint density at radius 3 is 2.65 bits per heavy atom. The topological polar surface area (TPSA) is 99.9 Å². The standard InChI is InChI=1S/C19H21NO6/c1-2-12-9-18(22)26-16-10-14(3-4-15(12)16)25-11-17(21)20-7-5-13(6-8-20)19(23)24/h3-4,9-10,13H,2,5-8,11H2,1H3,(H,23,24)/p-1. The third kappa shape index (κ3) is 3.87. The Morgan fingerprint density at radius 2 is 2.00 bits per heavy atom. The first-order valence-electron chi connectivity index (χ1n) is 8.66. The van der Waals surface area contributed by atoms with E-state index in [-0.39, 0.29) is 12.5 Å². The highest BCUT2D eigenvalue weighted by Crippen LogP contribution is 2.23. The van der Waals surface area contributed by atoms with Crippen molar-refractivity contribution in [3.8, 4) is 5.75 Å². The summed E-state index contributed by atoms with van der Waals surface area (Å²) in [6, 6.07) is 6.62. The molecule has 0 spiro atoms. The number of carbonyl (C=O) groups is 2. The maximum atomic E-state index is 12.2. The second kappa shape index (κ2) is 7.59. The zero-order valence-corrected chi connectivity index (χ0v) is 14.5. The van der Waals surface area contributed by atoms with Crippen LogP contribution in [0.1, 0.15) is 25.3 Å². The summed E-state index contributed by atoms with van der Waals surface area (Å²) in [7, 11) is 0. The molecule has 0 unspecified atom stereocenters. The Morgan fingerprint density at radius 1 is 1.27 bits per heavy atom. The Balaban J connectivity index is 1.64. The van der Waals surface area contributed by atoms with Gasteiger partial charge in [-0.1, -0.05) is 6.92 Å². The van der Waals surface area contributed by atoms with E-state index in [0.29, 0.717) is 43.7 Å².